The lowest BCUT2D eigenvalue weighted by atomic mass is 10.1. The van der Waals surface area contributed by atoms with Crippen molar-refractivity contribution in [3.8, 4) is 0 Å². The Balaban J connectivity index is 1.29. The summed E-state index contributed by atoms with van der Waals surface area (Å²) in [5.41, 5.74) is 3.54. The quantitative estimate of drug-likeness (QED) is 0.734. The maximum atomic E-state index is 12.6. The maximum absolute atomic E-state index is 12.6. The van der Waals surface area contributed by atoms with Gasteiger partial charge in [-0.2, -0.15) is 0 Å². The lowest BCUT2D eigenvalue weighted by molar-refractivity contribution is -0.00172. The molecule has 28 heavy (non-hydrogen) atoms. The Hall–Kier alpha value is -2.93. The van der Waals surface area contributed by atoms with Crippen LogP contribution in [-0.2, 0) is 17.9 Å². The molecule has 0 bridgehead atoms. The minimum absolute atomic E-state index is 0.0217. The number of aromatic nitrogens is 2. The van der Waals surface area contributed by atoms with E-state index in [0.717, 1.165) is 41.7 Å². The molecule has 0 spiro atoms. The Morgan fingerprint density at radius 3 is 3.07 bits per heavy atom. The van der Waals surface area contributed by atoms with Crippen LogP contribution in [-0.4, -0.2) is 40.1 Å². The van der Waals surface area contributed by atoms with Crippen molar-refractivity contribution in [1.82, 2.24) is 20.2 Å². The van der Waals surface area contributed by atoms with Crippen LogP contribution in [0.4, 0.5) is 4.79 Å². The molecular weight excluding hydrogens is 356 g/mol. The van der Waals surface area contributed by atoms with Crippen LogP contribution in [0.2, 0.25) is 0 Å². The number of urea groups is 1. The molecule has 0 aliphatic carbocycles. The summed E-state index contributed by atoms with van der Waals surface area (Å²) < 4.78 is 11.7. The smallest absolute Gasteiger partial charge is 0.317 e. The van der Waals surface area contributed by atoms with Crippen molar-refractivity contribution in [3.63, 3.8) is 0 Å². The third-order valence-electron chi connectivity index (χ3n) is 4.91. The highest BCUT2D eigenvalue weighted by Gasteiger charge is 2.24. The van der Waals surface area contributed by atoms with Crippen molar-refractivity contribution in [3.05, 3.63) is 59.7 Å². The predicted molar refractivity (Wildman–Crippen MR) is 105 cm³/mol. The number of fused-ring (bicyclic) bond motifs is 1. The van der Waals surface area contributed by atoms with E-state index in [1.807, 2.05) is 43.3 Å². The number of likely N-dealkylation sites (tertiary alicyclic amines) is 1. The molecule has 146 valence electrons. The van der Waals surface area contributed by atoms with E-state index in [-0.39, 0.29) is 18.7 Å². The largest absolute Gasteiger partial charge is 0.439 e. The molecule has 2 amide bonds. The molecule has 1 fully saturated rings. The SMILES string of the molecule is Cc1cccc2oc(CNC(=O)N3CCC[C@H](OCc4ccccn4)C3)nc12. The topological polar surface area (TPSA) is 80.5 Å². The number of hydrogen-bond donors (Lipinski definition) is 1. The highest BCUT2D eigenvalue weighted by Crippen LogP contribution is 2.19. The summed E-state index contributed by atoms with van der Waals surface area (Å²) in [6, 6.07) is 11.5. The Kier molecular flexibility index (Phi) is 5.53. The Morgan fingerprint density at radius 2 is 2.25 bits per heavy atom. The zero-order valence-electron chi connectivity index (χ0n) is 15.9. The average molecular weight is 380 g/mol. The molecule has 1 aromatic carbocycles. The molecule has 3 aromatic rings. The molecule has 0 unspecified atom stereocenters. The number of aryl methyl sites for hydroxylation is 1. The summed E-state index contributed by atoms with van der Waals surface area (Å²) in [5, 5.41) is 2.91. The van der Waals surface area contributed by atoms with E-state index in [1.165, 1.54) is 0 Å². The van der Waals surface area contributed by atoms with E-state index in [9.17, 15) is 4.79 Å². The van der Waals surface area contributed by atoms with E-state index in [1.54, 1.807) is 11.1 Å². The monoisotopic (exact) mass is 380 g/mol. The van der Waals surface area contributed by atoms with E-state index >= 15 is 0 Å². The van der Waals surface area contributed by atoms with Crippen molar-refractivity contribution in [2.45, 2.75) is 39.0 Å². The Bertz CT molecular complexity index is 941. The van der Waals surface area contributed by atoms with Crippen LogP contribution >= 0.6 is 0 Å². The van der Waals surface area contributed by atoms with Crippen LogP contribution in [0.15, 0.2) is 47.0 Å². The molecule has 7 heteroatoms. The third-order valence-corrected chi connectivity index (χ3v) is 4.91. The van der Waals surface area contributed by atoms with Gasteiger partial charge >= 0.3 is 6.03 Å². The summed E-state index contributed by atoms with van der Waals surface area (Å²) >= 11 is 0. The number of amides is 2. The minimum Gasteiger partial charge on any atom is -0.439 e. The van der Waals surface area contributed by atoms with Gasteiger partial charge in [-0.1, -0.05) is 18.2 Å². The second-order valence-corrected chi connectivity index (χ2v) is 7.03. The molecular formula is C21H24N4O3. The normalized spacial score (nSPS) is 17.0. The van der Waals surface area contributed by atoms with Gasteiger partial charge in [-0.25, -0.2) is 9.78 Å². The van der Waals surface area contributed by atoms with Gasteiger partial charge in [-0.15, -0.1) is 0 Å². The van der Waals surface area contributed by atoms with Gasteiger partial charge < -0.3 is 19.4 Å². The van der Waals surface area contributed by atoms with Gasteiger partial charge in [0, 0.05) is 19.3 Å². The first kappa shape index (κ1) is 18.4. The number of oxazole rings is 1. The number of carbonyl (C=O) groups is 1. The number of benzene rings is 1. The van der Waals surface area contributed by atoms with Crippen molar-refractivity contribution < 1.29 is 13.9 Å². The van der Waals surface area contributed by atoms with Crippen LogP contribution in [0.1, 0.15) is 30.0 Å². The summed E-state index contributed by atoms with van der Waals surface area (Å²) in [5.74, 6) is 0.512. The summed E-state index contributed by atoms with van der Waals surface area (Å²) in [6.07, 6.45) is 3.64. The zero-order chi connectivity index (χ0) is 19.3. The predicted octanol–water partition coefficient (Wildman–Crippen LogP) is 3.42. The number of nitrogens with zero attached hydrogens (tertiary/aromatic N) is 3. The third kappa shape index (κ3) is 4.31. The van der Waals surface area contributed by atoms with Crippen LogP contribution in [0.5, 0.6) is 0 Å². The number of piperidine rings is 1. The average Bonchev–Trinajstić information content (AvgIpc) is 3.16. The second-order valence-electron chi connectivity index (χ2n) is 7.03. The van der Waals surface area contributed by atoms with Gasteiger partial charge in [0.2, 0.25) is 5.89 Å². The number of hydrogen-bond acceptors (Lipinski definition) is 5. The van der Waals surface area contributed by atoms with Gasteiger partial charge in [0.25, 0.3) is 0 Å². The number of nitrogens with one attached hydrogen (secondary N) is 1. The van der Waals surface area contributed by atoms with Gasteiger partial charge in [-0.3, -0.25) is 4.98 Å². The van der Waals surface area contributed by atoms with Gasteiger partial charge in [0.05, 0.1) is 24.9 Å². The molecule has 1 atom stereocenters. The highest BCUT2D eigenvalue weighted by molar-refractivity contribution is 5.77. The first-order valence-corrected chi connectivity index (χ1v) is 9.58. The van der Waals surface area contributed by atoms with Crippen LogP contribution < -0.4 is 5.32 Å². The Labute approximate surface area is 163 Å². The first-order chi connectivity index (χ1) is 13.7. The summed E-state index contributed by atoms with van der Waals surface area (Å²) in [4.78, 5) is 23.1. The number of carbonyl (C=O) groups excluding carboxylic acids is 1. The molecule has 3 heterocycles. The lowest BCUT2D eigenvalue weighted by Gasteiger charge is -2.32. The lowest BCUT2D eigenvalue weighted by Crippen LogP contribution is -2.47. The van der Waals surface area contributed by atoms with Crippen molar-refractivity contribution in [2.75, 3.05) is 13.1 Å². The first-order valence-electron chi connectivity index (χ1n) is 9.58. The molecule has 1 aliphatic heterocycles. The fourth-order valence-electron chi connectivity index (χ4n) is 3.42. The molecule has 1 saturated heterocycles. The van der Waals surface area contributed by atoms with E-state index in [4.69, 9.17) is 9.15 Å². The summed E-state index contributed by atoms with van der Waals surface area (Å²) in [6.45, 7) is 4.02. The van der Waals surface area contributed by atoms with Crippen LogP contribution in [0.25, 0.3) is 11.1 Å². The number of ether oxygens (including phenoxy) is 1. The number of pyridine rings is 1. The Morgan fingerprint density at radius 1 is 1.32 bits per heavy atom. The number of rotatable bonds is 5. The van der Waals surface area contributed by atoms with E-state index in [0.29, 0.717) is 19.0 Å². The fraction of sp³-hybridized carbons (Fsp3) is 0.381. The van der Waals surface area contributed by atoms with Crippen LogP contribution in [0.3, 0.4) is 0 Å². The molecule has 2 aromatic heterocycles. The minimum atomic E-state index is -0.120. The standard InChI is InChI=1S/C21H24N4O3/c1-15-6-4-9-18-20(15)24-19(28-18)12-23-21(26)25-11-5-8-17(13-25)27-14-16-7-2-3-10-22-16/h2-4,6-7,9-10,17H,5,8,11-14H2,1H3,(H,23,26)/t17-/m0/s1. The highest BCUT2D eigenvalue weighted by atomic mass is 16.5. The van der Waals surface area contributed by atoms with Gasteiger partial charge in [-0.05, 0) is 43.5 Å². The molecule has 0 saturated carbocycles. The molecule has 4 rings (SSSR count). The van der Waals surface area contributed by atoms with Gasteiger partial charge in [0.1, 0.15) is 5.52 Å². The number of para-hydroxylation sites is 1. The fourth-order valence-corrected chi connectivity index (χ4v) is 3.42. The van der Waals surface area contributed by atoms with Crippen LogP contribution in [0, 0.1) is 6.92 Å². The molecule has 1 N–H and O–H groups in total. The molecule has 7 nitrogen and oxygen atoms in total. The van der Waals surface area contributed by atoms with Crippen molar-refractivity contribution in [2.24, 2.45) is 0 Å². The summed E-state index contributed by atoms with van der Waals surface area (Å²) in [7, 11) is 0. The van der Waals surface area contributed by atoms with E-state index in [2.05, 4.69) is 15.3 Å². The van der Waals surface area contributed by atoms with Crippen molar-refractivity contribution in [1.29, 1.82) is 0 Å². The maximum Gasteiger partial charge on any atom is 0.317 e. The second kappa shape index (κ2) is 8.39. The van der Waals surface area contributed by atoms with Crippen molar-refractivity contribution >= 4 is 17.1 Å². The molecule has 0 radical (unpaired) electrons. The zero-order valence-corrected chi connectivity index (χ0v) is 15.9. The van der Waals surface area contributed by atoms with Gasteiger partial charge in [0.15, 0.2) is 5.58 Å². The molecule has 1 aliphatic rings. The van der Waals surface area contributed by atoms with E-state index < -0.39 is 0 Å².